The van der Waals surface area contributed by atoms with Crippen LogP contribution in [0.5, 0.6) is 5.75 Å². The Hall–Kier alpha value is -3.36. The van der Waals surface area contributed by atoms with Crippen molar-refractivity contribution in [3.8, 4) is 5.75 Å². The van der Waals surface area contributed by atoms with Gasteiger partial charge in [0, 0.05) is 45.2 Å². The van der Waals surface area contributed by atoms with Crippen LogP contribution in [0.25, 0.3) is 0 Å². The average Bonchev–Trinajstić information content (AvgIpc) is 3.57. The predicted octanol–water partition coefficient (Wildman–Crippen LogP) is 4.65. The Bertz CT molecular complexity index is 1110. The standard InChI is InChI=1S/C27H31N3O4S/c1-29(2)24-13-12-21(28-26(31)19-34-22-8-4-3-5-9-22)16-20(24)17-30(18-23-10-6-14-33-23)27(32)25-11-7-15-35-25/h3-5,7-9,11-13,15-16,23H,6,10,14,17-19H2,1-2H3,(H,28,31)/t23-/m1/s1. The second-order valence-corrected chi connectivity index (χ2v) is 9.63. The molecule has 1 saturated heterocycles. The third-order valence-electron chi connectivity index (χ3n) is 5.79. The molecule has 2 aromatic carbocycles. The van der Waals surface area contributed by atoms with Gasteiger partial charge in [-0.2, -0.15) is 0 Å². The fraction of sp³-hybridized carbons (Fsp3) is 0.333. The number of hydrogen-bond acceptors (Lipinski definition) is 6. The molecule has 0 bridgehead atoms. The molecule has 2 heterocycles. The largest absolute Gasteiger partial charge is 0.484 e. The first-order chi connectivity index (χ1) is 17.0. The van der Waals surface area contributed by atoms with Crippen LogP contribution in [0.1, 0.15) is 28.1 Å². The highest BCUT2D eigenvalue weighted by Crippen LogP contribution is 2.27. The smallest absolute Gasteiger partial charge is 0.264 e. The van der Waals surface area contributed by atoms with Crippen LogP contribution in [-0.2, 0) is 16.1 Å². The lowest BCUT2D eigenvalue weighted by molar-refractivity contribution is -0.118. The number of benzene rings is 2. The second-order valence-electron chi connectivity index (χ2n) is 8.69. The van der Waals surface area contributed by atoms with Gasteiger partial charge in [0.25, 0.3) is 11.8 Å². The van der Waals surface area contributed by atoms with Crippen LogP contribution >= 0.6 is 11.3 Å². The van der Waals surface area contributed by atoms with Gasteiger partial charge in [0.2, 0.25) is 0 Å². The number of para-hydroxylation sites is 1. The Kier molecular flexibility index (Phi) is 8.39. The normalized spacial score (nSPS) is 15.0. The quantitative estimate of drug-likeness (QED) is 0.445. The lowest BCUT2D eigenvalue weighted by atomic mass is 10.1. The Morgan fingerprint density at radius 1 is 1.11 bits per heavy atom. The van der Waals surface area contributed by atoms with Crippen molar-refractivity contribution < 1.29 is 19.1 Å². The van der Waals surface area contributed by atoms with E-state index >= 15 is 0 Å². The Morgan fingerprint density at radius 3 is 2.63 bits per heavy atom. The van der Waals surface area contributed by atoms with Crippen LogP contribution in [-0.4, -0.2) is 56.7 Å². The summed E-state index contributed by atoms with van der Waals surface area (Å²) in [5.74, 6) is 0.386. The van der Waals surface area contributed by atoms with E-state index in [-0.39, 0.29) is 24.5 Å². The molecule has 1 atom stereocenters. The van der Waals surface area contributed by atoms with Crippen molar-refractivity contribution in [2.45, 2.75) is 25.5 Å². The molecule has 1 aliphatic rings. The molecule has 1 N–H and O–H groups in total. The van der Waals surface area contributed by atoms with Crippen molar-refractivity contribution in [1.29, 1.82) is 0 Å². The van der Waals surface area contributed by atoms with E-state index in [9.17, 15) is 9.59 Å². The molecule has 35 heavy (non-hydrogen) atoms. The number of hydrogen-bond donors (Lipinski definition) is 1. The monoisotopic (exact) mass is 493 g/mol. The van der Waals surface area contributed by atoms with Gasteiger partial charge in [-0.1, -0.05) is 24.3 Å². The lowest BCUT2D eigenvalue weighted by Crippen LogP contribution is -2.37. The van der Waals surface area contributed by atoms with Crippen molar-refractivity contribution in [3.05, 3.63) is 76.5 Å². The first-order valence-corrected chi connectivity index (χ1v) is 12.6. The molecule has 2 amide bonds. The number of carbonyl (C=O) groups is 2. The third-order valence-corrected chi connectivity index (χ3v) is 6.64. The van der Waals surface area contributed by atoms with Crippen LogP contribution < -0.4 is 15.0 Å². The number of nitrogens with zero attached hydrogens (tertiary/aromatic N) is 2. The van der Waals surface area contributed by atoms with E-state index in [1.165, 1.54) is 11.3 Å². The van der Waals surface area contributed by atoms with E-state index in [0.717, 1.165) is 30.7 Å². The SMILES string of the molecule is CN(C)c1ccc(NC(=O)COc2ccccc2)cc1CN(C[C@H]1CCCO1)C(=O)c1cccs1. The summed E-state index contributed by atoms with van der Waals surface area (Å²) in [4.78, 5) is 30.4. The molecule has 0 spiro atoms. The van der Waals surface area contributed by atoms with Gasteiger partial charge in [0.05, 0.1) is 11.0 Å². The highest BCUT2D eigenvalue weighted by Gasteiger charge is 2.25. The number of anilines is 2. The summed E-state index contributed by atoms with van der Waals surface area (Å²) in [5.41, 5.74) is 2.59. The maximum Gasteiger partial charge on any atom is 0.264 e. The van der Waals surface area contributed by atoms with Crippen LogP contribution in [0.2, 0.25) is 0 Å². The number of nitrogens with one attached hydrogen (secondary N) is 1. The van der Waals surface area contributed by atoms with Crippen molar-refractivity contribution >= 4 is 34.5 Å². The zero-order valence-electron chi connectivity index (χ0n) is 20.1. The minimum Gasteiger partial charge on any atom is -0.484 e. The van der Waals surface area contributed by atoms with E-state index < -0.39 is 0 Å². The van der Waals surface area contributed by atoms with Crippen molar-refractivity contribution in [3.63, 3.8) is 0 Å². The summed E-state index contributed by atoms with van der Waals surface area (Å²) in [5, 5.41) is 4.83. The summed E-state index contributed by atoms with van der Waals surface area (Å²) >= 11 is 1.44. The van der Waals surface area contributed by atoms with Crippen LogP contribution in [0.15, 0.2) is 66.0 Å². The zero-order chi connectivity index (χ0) is 24.6. The molecule has 4 rings (SSSR count). The number of thiophene rings is 1. The molecule has 1 fully saturated rings. The summed E-state index contributed by atoms with van der Waals surface area (Å²) in [6.45, 7) is 1.59. The number of amides is 2. The van der Waals surface area contributed by atoms with Gasteiger partial charge in [0.15, 0.2) is 6.61 Å². The molecule has 3 aromatic rings. The van der Waals surface area contributed by atoms with Crippen molar-refractivity contribution in [2.24, 2.45) is 0 Å². The average molecular weight is 494 g/mol. The molecule has 0 aliphatic carbocycles. The molecular formula is C27H31N3O4S. The molecule has 184 valence electrons. The Labute approximate surface area is 210 Å². The minimum absolute atomic E-state index is 0.00842. The van der Waals surface area contributed by atoms with Crippen LogP contribution in [0, 0.1) is 0 Å². The van der Waals surface area contributed by atoms with E-state index in [1.807, 2.05) is 89.9 Å². The summed E-state index contributed by atoms with van der Waals surface area (Å²) in [7, 11) is 3.94. The van der Waals surface area contributed by atoms with E-state index in [4.69, 9.17) is 9.47 Å². The lowest BCUT2D eigenvalue weighted by Gasteiger charge is -2.28. The molecule has 1 aliphatic heterocycles. The minimum atomic E-state index is -0.247. The van der Waals surface area contributed by atoms with Gasteiger partial charge in [0.1, 0.15) is 5.75 Å². The molecular weight excluding hydrogens is 462 g/mol. The fourth-order valence-corrected chi connectivity index (χ4v) is 4.79. The Morgan fingerprint density at radius 2 is 1.94 bits per heavy atom. The predicted molar refractivity (Wildman–Crippen MR) is 139 cm³/mol. The fourth-order valence-electron chi connectivity index (χ4n) is 4.10. The number of rotatable bonds is 10. The molecule has 0 saturated carbocycles. The first-order valence-electron chi connectivity index (χ1n) is 11.7. The summed E-state index contributed by atoms with van der Waals surface area (Å²) < 4.78 is 11.4. The second kappa shape index (κ2) is 11.9. The number of ether oxygens (including phenoxy) is 2. The van der Waals surface area contributed by atoms with Crippen molar-refractivity contribution in [2.75, 3.05) is 44.1 Å². The molecule has 7 nitrogen and oxygen atoms in total. The van der Waals surface area contributed by atoms with E-state index in [2.05, 4.69) is 5.32 Å². The van der Waals surface area contributed by atoms with Crippen molar-refractivity contribution in [1.82, 2.24) is 4.90 Å². The van der Waals surface area contributed by atoms with Gasteiger partial charge < -0.3 is 24.6 Å². The van der Waals surface area contributed by atoms with E-state index in [0.29, 0.717) is 29.4 Å². The molecule has 0 radical (unpaired) electrons. The van der Waals surface area contributed by atoms with Gasteiger partial charge in [-0.25, -0.2) is 0 Å². The van der Waals surface area contributed by atoms with Gasteiger partial charge >= 0.3 is 0 Å². The topological polar surface area (TPSA) is 71.1 Å². The van der Waals surface area contributed by atoms with Gasteiger partial charge in [-0.3, -0.25) is 9.59 Å². The maximum atomic E-state index is 13.3. The van der Waals surface area contributed by atoms with Gasteiger partial charge in [-0.05, 0) is 60.2 Å². The third kappa shape index (κ3) is 6.83. The number of carbonyl (C=O) groups excluding carboxylic acids is 2. The first kappa shape index (κ1) is 24.8. The highest BCUT2D eigenvalue weighted by molar-refractivity contribution is 7.12. The Balaban J connectivity index is 1.50. The molecule has 1 aromatic heterocycles. The molecule has 0 unspecified atom stereocenters. The van der Waals surface area contributed by atoms with Crippen LogP contribution in [0.4, 0.5) is 11.4 Å². The zero-order valence-corrected chi connectivity index (χ0v) is 20.9. The van der Waals surface area contributed by atoms with Gasteiger partial charge in [-0.15, -0.1) is 11.3 Å². The molecule has 8 heteroatoms. The van der Waals surface area contributed by atoms with E-state index in [1.54, 1.807) is 0 Å². The maximum absolute atomic E-state index is 13.3. The summed E-state index contributed by atoms with van der Waals surface area (Å²) in [6, 6.07) is 18.7. The highest BCUT2D eigenvalue weighted by atomic mass is 32.1. The van der Waals surface area contributed by atoms with Crippen LogP contribution in [0.3, 0.4) is 0 Å². The summed E-state index contributed by atoms with van der Waals surface area (Å²) in [6.07, 6.45) is 2.01.